The summed E-state index contributed by atoms with van der Waals surface area (Å²) < 4.78 is 13.3. The average molecular weight is 221 g/mol. The third kappa shape index (κ3) is 2.97. The van der Waals surface area contributed by atoms with Crippen LogP contribution in [0.3, 0.4) is 0 Å². The Hall–Kier alpha value is -1.05. The minimum absolute atomic E-state index is 0.147. The number of hydrogen-bond acceptors (Lipinski definition) is 1. The summed E-state index contributed by atoms with van der Waals surface area (Å²) in [7, 11) is 0. The van der Waals surface area contributed by atoms with Gasteiger partial charge in [-0.2, -0.15) is 0 Å². The molecule has 1 aliphatic carbocycles. The third-order valence-corrected chi connectivity index (χ3v) is 3.59. The molecule has 1 nitrogen and oxygen atoms in total. The monoisotopic (exact) mass is 221 g/mol. The molecule has 0 spiro atoms. The zero-order valence-corrected chi connectivity index (χ0v) is 9.88. The van der Waals surface area contributed by atoms with Crippen molar-refractivity contribution >= 4 is 5.69 Å². The van der Waals surface area contributed by atoms with Crippen LogP contribution in [0.2, 0.25) is 0 Å². The number of benzene rings is 1. The maximum Gasteiger partial charge on any atom is 0.146 e. The molecule has 0 saturated heterocycles. The van der Waals surface area contributed by atoms with Gasteiger partial charge in [-0.25, -0.2) is 4.39 Å². The van der Waals surface area contributed by atoms with Crippen LogP contribution in [0.5, 0.6) is 0 Å². The molecule has 16 heavy (non-hydrogen) atoms. The Morgan fingerprint density at radius 1 is 1.19 bits per heavy atom. The highest BCUT2D eigenvalue weighted by Gasteiger charge is 2.17. The van der Waals surface area contributed by atoms with Crippen LogP contribution < -0.4 is 5.32 Å². The topological polar surface area (TPSA) is 12.0 Å². The van der Waals surface area contributed by atoms with Gasteiger partial charge < -0.3 is 5.32 Å². The van der Waals surface area contributed by atoms with Crippen molar-refractivity contribution in [1.29, 1.82) is 0 Å². The van der Waals surface area contributed by atoms with E-state index in [1.807, 2.05) is 6.07 Å². The fourth-order valence-corrected chi connectivity index (χ4v) is 2.39. The van der Waals surface area contributed by atoms with Crippen molar-refractivity contribution in [3.8, 4) is 0 Å². The van der Waals surface area contributed by atoms with Crippen LogP contribution in [-0.2, 0) is 0 Å². The van der Waals surface area contributed by atoms with Crippen LogP contribution in [0.15, 0.2) is 24.3 Å². The van der Waals surface area contributed by atoms with Gasteiger partial charge in [0.15, 0.2) is 0 Å². The predicted octanol–water partition coefficient (Wildman–Crippen LogP) is 4.06. The van der Waals surface area contributed by atoms with E-state index in [2.05, 4.69) is 12.2 Å². The summed E-state index contributed by atoms with van der Waals surface area (Å²) in [6, 6.07) is 6.91. The molecule has 1 aliphatic rings. The third-order valence-electron chi connectivity index (χ3n) is 3.59. The standard InChI is InChI=1S/C14H20FN/c1-11-6-8-12(9-7-11)10-16-14-5-3-2-4-13(14)15/h2-5,11-12,16H,6-10H2,1H3. The molecule has 0 bridgehead atoms. The van der Waals surface area contributed by atoms with E-state index in [0.717, 1.165) is 18.4 Å². The van der Waals surface area contributed by atoms with Gasteiger partial charge in [-0.15, -0.1) is 0 Å². The smallest absolute Gasteiger partial charge is 0.146 e. The molecule has 1 aromatic rings. The summed E-state index contributed by atoms with van der Waals surface area (Å²) >= 11 is 0. The molecule has 88 valence electrons. The normalized spacial score (nSPS) is 25.4. The average Bonchev–Trinajstić information content (AvgIpc) is 2.30. The minimum atomic E-state index is -0.147. The number of hydrogen-bond donors (Lipinski definition) is 1. The molecule has 1 fully saturated rings. The maximum absolute atomic E-state index is 13.3. The molecule has 1 N–H and O–H groups in total. The fourth-order valence-electron chi connectivity index (χ4n) is 2.39. The molecule has 0 aliphatic heterocycles. The van der Waals surface area contributed by atoms with Crippen molar-refractivity contribution < 1.29 is 4.39 Å². The van der Waals surface area contributed by atoms with E-state index >= 15 is 0 Å². The second kappa shape index (κ2) is 5.33. The van der Waals surface area contributed by atoms with Gasteiger partial charge in [0.05, 0.1) is 5.69 Å². The van der Waals surface area contributed by atoms with Crippen molar-refractivity contribution in [2.75, 3.05) is 11.9 Å². The van der Waals surface area contributed by atoms with Gasteiger partial charge in [0, 0.05) is 6.54 Å². The zero-order valence-electron chi connectivity index (χ0n) is 9.88. The summed E-state index contributed by atoms with van der Waals surface area (Å²) in [5, 5.41) is 3.22. The van der Waals surface area contributed by atoms with Crippen LogP contribution in [0.25, 0.3) is 0 Å². The fraction of sp³-hybridized carbons (Fsp3) is 0.571. The van der Waals surface area contributed by atoms with Gasteiger partial charge in [-0.1, -0.05) is 31.9 Å². The SMILES string of the molecule is CC1CCC(CNc2ccccc2F)CC1. The summed E-state index contributed by atoms with van der Waals surface area (Å²) in [5.74, 6) is 1.45. The molecule has 0 unspecified atom stereocenters. The van der Waals surface area contributed by atoms with Crippen molar-refractivity contribution in [1.82, 2.24) is 0 Å². The van der Waals surface area contributed by atoms with Gasteiger partial charge >= 0.3 is 0 Å². The zero-order chi connectivity index (χ0) is 11.4. The second-order valence-electron chi connectivity index (χ2n) is 4.99. The van der Waals surface area contributed by atoms with E-state index in [-0.39, 0.29) is 5.82 Å². The van der Waals surface area contributed by atoms with E-state index in [4.69, 9.17) is 0 Å². The van der Waals surface area contributed by atoms with Gasteiger partial charge in [0.1, 0.15) is 5.82 Å². The molecule has 2 rings (SSSR count). The number of rotatable bonds is 3. The van der Waals surface area contributed by atoms with E-state index in [1.54, 1.807) is 12.1 Å². The quantitative estimate of drug-likeness (QED) is 0.811. The van der Waals surface area contributed by atoms with Gasteiger partial charge in [0.2, 0.25) is 0 Å². The summed E-state index contributed by atoms with van der Waals surface area (Å²) in [5.41, 5.74) is 0.640. The molecule has 2 heteroatoms. The summed E-state index contributed by atoms with van der Waals surface area (Å²) in [6.07, 6.45) is 5.21. The highest BCUT2D eigenvalue weighted by molar-refractivity contribution is 5.44. The first kappa shape index (κ1) is 11.4. The Morgan fingerprint density at radius 2 is 1.88 bits per heavy atom. The Balaban J connectivity index is 1.81. The van der Waals surface area contributed by atoms with Crippen LogP contribution in [-0.4, -0.2) is 6.54 Å². The first-order chi connectivity index (χ1) is 7.75. The lowest BCUT2D eigenvalue weighted by molar-refractivity contribution is 0.300. The highest BCUT2D eigenvalue weighted by atomic mass is 19.1. The molecular weight excluding hydrogens is 201 g/mol. The first-order valence-corrected chi connectivity index (χ1v) is 6.24. The van der Waals surface area contributed by atoms with E-state index < -0.39 is 0 Å². The van der Waals surface area contributed by atoms with Gasteiger partial charge in [-0.05, 0) is 36.8 Å². The van der Waals surface area contributed by atoms with Crippen LogP contribution >= 0.6 is 0 Å². The number of nitrogens with one attached hydrogen (secondary N) is 1. The largest absolute Gasteiger partial charge is 0.382 e. The predicted molar refractivity (Wildman–Crippen MR) is 66.0 cm³/mol. The highest BCUT2D eigenvalue weighted by Crippen LogP contribution is 2.28. The Kier molecular flexibility index (Phi) is 3.81. The van der Waals surface area contributed by atoms with Crippen molar-refractivity contribution in [3.63, 3.8) is 0 Å². The number of anilines is 1. The lowest BCUT2D eigenvalue weighted by Crippen LogP contribution is -2.20. The van der Waals surface area contributed by atoms with Crippen molar-refractivity contribution in [2.45, 2.75) is 32.6 Å². The van der Waals surface area contributed by atoms with E-state index in [9.17, 15) is 4.39 Å². The second-order valence-corrected chi connectivity index (χ2v) is 4.99. The molecule has 0 atom stereocenters. The molecule has 1 aromatic carbocycles. The molecule has 0 amide bonds. The minimum Gasteiger partial charge on any atom is -0.382 e. The lowest BCUT2D eigenvalue weighted by atomic mass is 9.83. The lowest BCUT2D eigenvalue weighted by Gasteiger charge is -2.26. The Morgan fingerprint density at radius 3 is 2.56 bits per heavy atom. The molecular formula is C14H20FN. The Labute approximate surface area is 97.1 Å². The Bertz CT molecular complexity index is 329. The molecule has 0 aromatic heterocycles. The van der Waals surface area contributed by atoms with Gasteiger partial charge in [0.25, 0.3) is 0 Å². The number of para-hydroxylation sites is 1. The van der Waals surface area contributed by atoms with Crippen molar-refractivity contribution in [2.24, 2.45) is 11.8 Å². The molecule has 0 heterocycles. The van der Waals surface area contributed by atoms with Crippen LogP contribution in [0, 0.1) is 17.7 Å². The van der Waals surface area contributed by atoms with Crippen LogP contribution in [0.1, 0.15) is 32.6 Å². The summed E-state index contributed by atoms with van der Waals surface area (Å²) in [4.78, 5) is 0. The van der Waals surface area contributed by atoms with Crippen molar-refractivity contribution in [3.05, 3.63) is 30.1 Å². The van der Waals surface area contributed by atoms with Gasteiger partial charge in [-0.3, -0.25) is 0 Å². The van der Waals surface area contributed by atoms with E-state index in [1.165, 1.54) is 31.7 Å². The molecule has 0 radical (unpaired) electrons. The number of halogens is 1. The van der Waals surface area contributed by atoms with Crippen LogP contribution in [0.4, 0.5) is 10.1 Å². The van der Waals surface area contributed by atoms with E-state index in [0.29, 0.717) is 5.69 Å². The molecule has 1 saturated carbocycles. The maximum atomic E-state index is 13.3. The first-order valence-electron chi connectivity index (χ1n) is 6.24. The summed E-state index contributed by atoms with van der Waals surface area (Å²) in [6.45, 7) is 3.23.